The van der Waals surface area contributed by atoms with Gasteiger partial charge in [0.1, 0.15) is 5.56 Å². The first-order valence-electron chi connectivity index (χ1n) is 7.13. The molecule has 0 saturated carbocycles. The van der Waals surface area contributed by atoms with Crippen LogP contribution in [-0.4, -0.2) is 10.5 Å². The van der Waals surface area contributed by atoms with Gasteiger partial charge in [0.2, 0.25) is 5.43 Å². The second-order valence-electron chi connectivity index (χ2n) is 5.41. The molecule has 0 aliphatic carbocycles. The summed E-state index contributed by atoms with van der Waals surface area (Å²) in [5.74, 6) is -0.429. The molecule has 3 aromatic rings. The van der Waals surface area contributed by atoms with E-state index < -0.39 is 5.91 Å². The summed E-state index contributed by atoms with van der Waals surface area (Å²) < 4.78 is 1.78. The number of aromatic nitrogens is 1. The molecule has 1 aromatic heterocycles. The van der Waals surface area contributed by atoms with Gasteiger partial charge in [-0.05, 0) is 42.8 Å². The average molecular weight is 327 g/mol. The number of nitrogens with one attached hydrogen (secondary N) is 1. The van der Waals surface area contributed by atoms with E-state index in [0.717, 1.165) is 11.1 Å². The Labute approximate surface area is 138 Å². The maximum atomic E-state index is 12.6. The quantitative estimate of drug-likeness (QED) is 0.779. The Bertz CT molecular complexity index is 976. The first kappa shape index (κ1) is 15.3. The third-order valence-corrected chi connectivity index (χ3v) is 4.01. The van der Waals surface area contributed by atoms with Crippen LogP contribution in [0, 0.1) is 6.92 Å². The van der Waals surface area contributed by atoms with E-state index in [-0.39, 0.29) is 11.0 Å². The molecule has 1 amide bonds. The van der Waals surface area contributed by atoms with Crippen LogP contribution in [0.25, 0.3) is 10.9 Å². The van der Waals surface area contributed by atoms with Crippen molar-refractivity contribution in [2.45, 2.75) is 6.92 Å². The normalized spacial score (nSPS) is 10.7. The van der Waals surface area contributed by atoms with Gasteiger partial charge in [0.05, 0.1) is 5.52 Å². The summed E-state index contributed by atoms with van der Waals surface area (Å²) in [5, 5.41) is 3.90. The number of carbonyl (C=O) groups is 1. The highest BCUT2D eigenvalue weighted by molar-refractivity contribution is 6.30. The maximum Gasteiger partial charge on any atom is 0.261 e. The second-order valence-corrected chi connectivity index (χ2v) is 5.85. The van der Waals surface area contributed by atoms with Crippen molar-refractivity contribution in [3.8, 4) is 0 Å². The van der Waals surface area contributed by atoms with E-state index in [1.165, 1.54) is 0 Å². The summed E-state index contributed by atoms with van der Waals surface area (Å²) in [6.45, 7) is 1.85. The van der Waals surface area contributed by atoms with Gasteiger partial charge < -0.3 is 9.88 Å². The number of carbonyl (C=O) groups excluding carboxylic acids is 1. The van der Waals surface area contributed by atoms with Gasteiger partial charge in [0, 0.05) is 29.3 Å². The summed E-state index contributed by atoms with van der Waals surface area (Å²) in [4.78, 5) is 25.1. The minimum absolute atomic E-state index is 0.112. The highest BCUT2D eigenvalue weighted by Crippen LogP contribution is 2.20. The zero-order chi connectivity index (χ0) is 16.6. The van der Waals surface area contributed by atoms with Crippen LogP contribution in [0.1, 0.15) is 15.9 Å². The zero-order valence-corrected chi connectivity index (χ0v) is 13.5. The zero-order valence-electron chi connectivity index (χ0n) is 12.8. The number of benzene rings is 2. The molecule has 1 N–H and O–H groups in total. The monoisotopic (exact) mass is 326 g/mol. The van der Waals surface area contributed by atoms with Crippen LogP contribution in [0.3, 0.4) is 0 Å². The fourth-order valence-electron chi connectivity index (χ4n) is 2.56. The summed E-state index contributed by atoms with van der Waals surface area (Å²) in [7, 11) is 1.81. The van der Waals surface area contributed by atoms with Crippen LogP contribution in [-0.2, 0) is 7.05 Å². The molecule has 3 rings (SSSR count). The molecular formula is C18H15ClN2O2. The van der Waals surface area contributed by atoms with Crippen molar-refractivity contribution >= 4 is 34.1 Å². The Hall–Kier alpha value is -2.59. The maximum absolute atomic E-state index is 12.6. The molecule has 5 heteroatoms. The smallest absolute Gasteiger partial charge is 0.261 e. The largest absolute Gasteiger partial charge is 0.350 e. The second kappa shape index (κ2) is 5.89. The van der Waals surface area contributed by atoms with Gasteiger partial charge in [0.25, 0.3) is 5.91 Å². The van der Waals surface area contributed by atoms with Crippen LogP contribution in [0.5, 0.6) is 0 Å². The number of hydrogen-bond acceptors (Lipinski definition) is 2. The van der Waals surface area contributed by atoms with Crippen LogP contribution < -0.4 is 10.7 Å². The van der Waals surface area contributed by atoms with Crippen LogP contribution >= 0.6 is 11.6 Å². The Morgan fingerprint density at radius 2 is 1.91 bits per heavy atom. The van der Waals surface area contributed by atoms with Gasteiger partial charge in [-0.15, -0.1) is 0 Å². The molecule has 0 aliphatic rings. The fraction of sp³-hybridized carbons (Fsp3) is 0.111. The molecule has 0 bridgehead atoms. The topological polar surface area (TPSA) is 51.1 Å². The number of hydrogen-bond donors (Lipinski definition) is 1. The van der Waals surface area contributed by atoms with Crippen molar-refractivity contribution in [1.82, 2.24) is 4.57 Å². The summed E-state index contributed by atoms with van der Waals surface area (Å²) in [6.07, 6.45) is 1.56. The molecule has 0 spiro atoms. The fourth-order valence-corrected chi connectivity index (χ4v) is 2.79. The van der Waals surface area contributed by atoms with Gasteiger partial charge in [-0.25, -0.2) is 0 Å². The van der Waals surface area contributed by atoms with Crippen molar-refractivity contribution in [2.24, 2.45) is 7.05 Å². The number of rotatable bonds is 2. The molecule has 116 valence electrons. The molecule has 0 aliphatic heterocycles. The predicted octanol–water partition coefficient (Wildman–Crippen LogP) is 3.75. The van der Waals surface area contributed by atoms with Crippen molar-refractivity contribution in [1.29, 1.82) is 0 Å². The number of pyridine rings is 1. The highest BCUT2D eigenvalue weighted by atomic mass is 35.5. The van der Waals surface area contributed by atoms with Gasteiger partial charge in [0.15, 0.2) is 0 Å². The Morgan fingerprint density at radius 1 is 1.17 bits per heavy atom. The molecule has 1 heterocycles. The molecule has 0 radical (unpaired) electrons. The van der Waals surface area contributed by atoms with E-state index in [4.69, 9.17) is 11.6 Å². The highest BCUT2D eigenvalue weighted by Gasteiger charge is 2.15. The molecular weight excluding hydrogens is 312 g/mol. The lowest BCUT2D eigenvalue weighted by Gasteiger charge is -2.11. The number of halogens is 1. The Kier molecular flexibility index (Phi) is 3.92. The minimum atomic E-state index is -0.429. The summed E-state index contributed by atoms with van der Waals surface area (Å²) in [6, 6.07) is 12.4. The number of nitrogens with zero attached hydrogens (tertiary/aromatic N) is 1. The van der Waals surface area contributed by atoms with E-state index in [2.05, 4.69) is 5.32 Å². The molecule has 4 nitrogen and oxygen atoms in total. The lowest BCUT2D eigenvalue weighted by atomic mass is 10.1. The molecule has 0 atom stereocenters. The number of anilines is 1. The van der Waals surface area contributed by atoms with Crippen molar-refractivity contribution < 1.29 is 4.79 Å². The van der Waals surface area contributed by atoms with E-state index in [1.807, 2.05) is 26.1 Å². The first-order chi connectivity index (χ1) is 11.0. The predicted molar refractivity (Wildman–Crippen MR) is 93.3 cm³/mol. The van der Waals surface area contributed by atoms with Crippen molar-refractivity contribution in [3.05, 3.63) is 75.0 Å². The molecule has 0 fully saturated rings. The van der Waals surface area contributed by atoms with E-state index >= 15 is 0 Å². The van der Waals surface area contributed by atoms with Gasteiger partial charge >= 0.3 is 0 Å². The number of aryl methyl sites for hydroxylation is 2. The summed E-state index contributed by atoms with van der Waals surface area (Å²) in [5.41, 5.74) is 2.10. The van der Waals surface area contributed by atoms with E-state index in [9.17, 15) is 9.59 Å². The molecule has 23 heavy (non-hydrogen) atoms. The number of fused-ring (bicyclic) bond motifs is 1. The van der Waals surface area contributed by atoms with E-state index in [0.29, 0.717) is 16.1 Å². The van der Waals surface area contributed by atoms with Gasteiger partial charge in [-0.2, -0.15) is 0 Å². The SMILES string of the molecule is Cc1cc(Cl)ccc1NC(=O)c1cn(C)c2ccccc2c1=O. The van der Waals surface area contributed by atoms with Crippen LogP contribution in [0.2, 0.25) is 5.02 Å². The Balaban J connectivity index is 2.04. The summed E-state index contributed by atoms with van der Waals surface area (Å²) >= 11 is 5.92. The number of amides is 1. The van der Waals surface area contributed by atoms with E-state index in [1.54, 1.807) is 41.1 Å². The average Bonchev–Trinajstić information content (AvgIpc) is 2.53. The third kappa shape index (κ3) is 2.85. The molecule has 0 saturated heterocycles. The Morgan fingerprint density at radius 3 is 2.65 bits per heavy atom. The number of para-hydroxylation sites is 1. The van der Waals surface area contributed by atoms with Gasteiger partial charge in [-0.1, -0.05) is 23.7 Å². The van der Waals surface area contributed by atoms with Crippen molar-refractivity contribution in [2.75, 3.05) is 5.32 Å². The van der Waals surface area contributed by atoms with Crippen LogP contribution in [0.15, 0.2) is 53.5 Å². The minimum Gasteiger partial charge on any atom is -0.350 e. The molecule has 2 aromatic carbocycles. The molecule has 0 unspecified atom stereocenters. The lowest BCUT2D eigenvalue weighted by molar-refractivity contribution is 0.102. The van der Waals surface area contributed by atoms with Gasteiger partial charge in [-0.3, -0.25) is 9.59 Å². The third-order valence-electron chi connectivity index (χ3n) is 3.78. The standard InChI is InChI=1S/C18H15ClN2O2/c1-11-9-12(19)7-8-15(11)20-18(23)14-10-21(2)16-6-4-3-5-13(16)17(14)22/h3-10H,1-2H3,(H,20,23). The first-order valence-corrected chi connectivity index (χ1v) is 7.51. The van der Waals surface area contributed by atoms with Crippen LogP contribution in [0.4, 0.5) is 5.69 Å². The lowest BCUT2D eigenvalue weighted by Crippen LogP contribution is -2.23. The van der Waals surface area contributed by atoms with Crippen molar-refractivity contribution in [3.63, 3.8) is 0 Å².